The molecule has 0 spiro atoms. The molecule has 0 aliphatic heterocycles. The number of aromatic nitrogens is 2. The van der Waals surface area contributed by atoms with Crippen molar-refractivity contribution in [2.24, 2.45) is 0 Å². The van der Waals surface area contributed by atoms with Crippen molar-refractivity contribution in [1.82, 2.24) is 10.1 Å². The Morgan fingerprint density at radius 2 is 2.00 bits per heavy atom. The predicted octanol–water partition coefficient (Wildman–Crippen LogP) is 3.89. The van der Waals surface area contributed by atoms with Crippen LogP contribution in [0, 0.1) is 13.8 Å². The van der Waals surface area contributed by atoms with Crippen LogP contribution in [0.3, 0.4) is 0 Å². The molecule has 6 nitrogen and oxygen atoms in total. The molecule has 0 bridgehead atoms. The third-order valence-electron chi connectivity index (χ3n) is 3.21. The number of hydrogen-bond donors (Lipinski definition) is 0. The Balaban J connectivity index is 0.000000252. The normalized spacial score (nSPS) is 9.88. The van der Waals surface area contributed by atoms with Gasteiger partial charge in [0.05, 0.1) is 6.61 Å². The van der Waals surface area contributed by atoms with Gasteiger partial charge in [-0.3, -0.25) is 0 Å². The van der Waals surface area contributed by atoms with Crippen molar-refractivity contribution < 1.29 is 18.8 Å². The highest BCUT2D eigenvalue weighted by Gasteiger charge is 2.04. The minimum Gasteiger partial charge on any atom is -0.463 e. The van der Waals surface area contributed by atoms with Crippen LogP contribution < -0.4 is 0 Å². The lowest BCUT2D eigenvalue weighted by atomic mass is 10.1. The number of aryl methyl sites for hydroxylation is 2. The van der Waals surface area contributed by atoms with Gasteiger partial charge in [-0.1, -0.05) is 35.5 Å². The van der Waals surface area contributed by atoms with Gasteiger partial charge in [-0.2, -0.15) is 4.98 Å². The van der Waals surface area contributed by atoms with Crippen LogP contribution in [0.2, 0.25) is 0 Å². The summed E-state index contributed by atoms with van der Waals surface area (Å²) in [5.74, 6) is 0.902. The van der Waals surface area contributed by atoms with Crippen molar-refractivity contribution in [2.45, 2.75) is 33.1 Å². The number of carbonyl (C=O) groups excluding carboxylic acids is 1. The van der Waals surface area contributed by atoms with Gasteiger partial charge in [0.1, 0.15) is 0 Å². The minimum atomic E-state index is -0.346. The van der Waals surface area contributed by atoms with Crippen molar-refractivity contribution in [3.8, 4) is 11.4 Å². The third kappa shape index (κ3) is 8.81. The quantitative estimate of drug-likeness (QED) is 0.410. The average molecular weight is 346 g/mol. The lowest BCUT2D eigenvalue weighted by Crippen LogP contribution is -2.02. The smallest absolute Gasteiger partial charge is 0.330 e. The van der Waals surface area contributed by atoms with Crippen molar-refractivity contribution in [1.29, 1.82) is 0 Å². The first-order valence-corrected chi connectivity index (χ1v) is 8.22. The topological polar surface area (TPSA) is 74.5 Å². The van der Waals surface area contributed by atoms with Crippen LogP contribution in [-0.4, -0.2) is 36.4 Å². The number of hydrogen-bond acceptors (Lipinski definition) is 6. The number of unbranched alkanes of at least 4 members (excludes halogenated alkanes) is 2. The number of methoxy groups -OCH3 is 1. The molecule has 1 aromatic heterocycles. The van der Waals surface area contributed by atoms with Gasteiger partial charge < -0.3 is 14.0 Å². The average Bonchev–Trinajstić information content (AvgIpc) is 3.05. The Kier molecular flexibility index (Phi) is 9.85. The first-order chi connectivity index (χ1) is 12.1. The van der Waals surface area contributed by atoms with E-state index in [-0.39, 0.29) is 5.97 Å². The molecule has 0 aliphatic carbocycles. The Labute approximate surface area is 148 Å². The standard InChI is InChI=1S/C10H10N2O.C9H16O3/c1-7-4-3-5-9(6-7)10-11-8(2)13-12-10;1-3-9(10)12-8-6-4-5-7-11-2/h3-6H,1-2H3;3H,1,4-8H2,2H3. The minimum absolute atomic E-state index is 0.346. The molecule has 1 aromatic carbocycles. The van der Waals surface area contributed by atoms with E-state index < -0.39 is 0 Å². The van der Waals surface area contributed by atoms with Crippen molar-refractivity contribution in [3.63, 3.8) is 0 Å². The maximum atomic E-state index is 10.5. The molecule has 0 amide bonds. The van der Waals surface area contributed by atoms with Gasteiger partial charge in [-0.25, -0.2) is 4.79 Å². The molecule has 0 radical (unpaired) electrons. The number of ether oxygens (including phenoxy) is 2. The molecule has 25 heavy (non-hydrogen) atoms. The second-order valence-electron chi connectivity index (χ2n) is 5.43. The van der Waals surface area contributed by atoms with Crippen LogP contribution in [0.4, 0.5) is 0 Å². The SMILES string of the molecule is C=CC(=O)OCCCCCOC.Cc1cccc(-c2noc(C)n2)c1. The van der Waals surface area contributed by atoms with Crippen LogP contribution in [-0.2, 0) is 14.3 Å². The molecule has 0 fully saturated rings. The zero-order chi connectivity index (χ0) is 18.5. The van der Waals surface area contributed by atoms with Crippen LogP contribution in [0.25, 0.3) is 11.4 Å². The maximum absolute atomic E-state index is 10.5. The van der Waals surface area contributed by atoms with E-state index in [1.165, 1.54) is 11.6 Å². The van der Waals surface area contributed by atoms with Gasteiger partial charge >= 0.3 is 5.97 Å². The molecular weight excluding hydrogens is 320 g/mol. The fourth-order valence-electron chi connectivity index (χ4n) is 1.96. The van der Waals surface area contributed by atoms with Gasteiger partial charge in [-0.05, 0) is 32.3 Å². The highest BCUT2D eigenvalue weighted by molar-refractivity contribution is 5.81. The third-order valence-corrected chi connectivity index (χ3v) is 3.21. The lowest BCUT2D eigenvalue weighted by Gasteiger charge is -2.01. The van der Waals surface area contributed by atoms with Crippen LogP contribution in [0.5, 0.6) is 0 Å². The van der Waals surface area contributed by atoms with E-state index in [0.29, 0.717) is 18.3 Å². The Morgan fingerprint density at radius 1 is 1.24 bits per heavy atom. The molecule has 1 heterocycles. The molecule has 0 unspecified atom stereocenters. The highest BCUT2D eigenvalue weighted by Crippen LogP contribution is 2.16. The number of esters is 1. The summed E-state index contributed by atoms with van der Waals surface area (Å²) in [4.78, 5) is 14.7. The summed E-state index contributed by atoms with van der Waals surface area (Å²) < 4.78 is 14.5. The molecule has 0 atom stereocenters. The van der Waals surface area contributed by atoms with Gasteiger partial charge in [0, 0.05) is 32.3 Å². The summed E-state index contributed by atoms with van der Waals surface area (Å²) in [6.07, 6.45) is 4.11. The first kappa shape index (κ1) is 20.6. The maximum Gasteiger partial charge on any atom is 0.330 e. The second kappa shape index (κ2) is 12.0. The summed E-state index contributed by atoms with van der Waals surface area (Å²) in [7, 11) is 1.68. The summed E-state index contributed by atoms with van der Waals surface area (Å²) in [5, 5.41) is 3.84. The number of carbonyl (C=O) groups is 1. The van der Waals surface area contributed by atoms with Gasteiger partial charge in [0.15, 0.2) is 0 Å². The van der Waals surface area contributed by atoms with Crippen molar-refractivity contribution in [2.75, 3.05) is 20.3 Å². The number of benzene rings is 1. The van der Waals surface area contributed by atoms with Crippen LogP contribution in [0.1, 0.15) is 30.7 Å². The molecular formula is C19H26N2O4. The number of nitrogens with zero attached hydrogens (tertiary/aromatic N) is 2. The van der Waals surface area contributed by atoms with Gasteiger partial charge in [0.25, 0.3) is 0 Å². The van der Waals surface area contributed by atoms with Crippen LogP contribution in [0.15, 0.2) is 41.4 Å². The van der Waals surface area contributed by atoms with E-state index in [0.717, 1.165) is 31.4 Å². The number of rotatable bonds is 8. The van der Waals surface area contributed by atoms with Gasteiger partial charge in [0.2, 0.25) is 11.7 Å². The monoisotopic (exact) mass is 346 g/mol. The van der Waals surface area contributed by atoms with E-state index >= 15 is 0 Å². The summed E-state index contributed by atoms with van der Waals surface area (Å²) in [6, 6.07) is 8.02. The molecule has 136 valence electrons. The summed E-state index contributed by atoms with van der Waals surface area (Å²) in [6.45, 7) is 8.37. The Morgan fingerprint density at radius 3 is 2.60 bits per heavy atom. The fourth-order valence-corrected chi connectivity index (χ4v) is 1.96. The molecule has 0 N–H and O–H groups in total. The Hall–Kier alpha value is -2.47. The zero-order valence-electron chi connectivity index (χ0n) is 15.2. The zero-order valence-corrected chi connectivity index (χ0v) is 15.2. The van der Waals surface area contributed by atoms with E-state index in [4.69, 9.17) is 14.0 Å². The van der Waals surface area contributed by atoms with E-state index in [2.05, 4.69) is 16.7 Å². The van der Waals surface area contributed by atoms with Crippen molar-refractivity contribution in [3.05, 3.63) is 48.4 Å². The predicted molar refractivity (Wildman–Crippen MR) is 96.1 cm³/mol. The summed E-state index contributed by atoms with van der Waals surface area (Å²) in [5.41, 5.74) is 2.19. The fraction of sp³-hybridized carbons (Fsp3) is 0.421. The lowest BCUT2D eigenvalue weighted by molar-refractivity contribution is -0.137. The van der Waals surface area contributed by atoms with E-state index in [9.17, 15) is 4.79 Å². The van der Waals surface area contributed by atoms with E-state index in [1.54, 1.807) is 14.0 Å². The van der Waals surface area contributed by atoms with E-state index in [1.807, 2.05) is 31.2 Å². The summed E-state index contributed by atoms with van der Waals surface area (Å²) >= 11 is 0. The Bertz CT molecular complexity index is 652. The van der Waals surface area contributed by atoms with Gasteiger partial charge in [-0.15, -0.1) is 0 Å². The molecule has 0 aliphatic rings. The highest BCUT2D eigenvalue weighted by atomic mass is 16.5. The van der Waals surface area contributed by atoms with Crippen LogP contribution >= 0.6 is 0 Å². The molecule has 2 rings (SSSR count). The molecule has 0 saturated carbocycles. The molecule has 2 aromatic rings. The molecule has 0 saturated heterocycles. The largest absolute Gasteiger partial charge is 0.463 e. The molecule has 6 heteroatoms. The second-order valence-corrected chi connectivity index (χ2v) is 5.43. The van der Waals surface area contributed by atoms with Crippen molar-refractivity contribution >= 4 is 5.97 Å². The first-order valence-electron chi connectivity index (χ1n) is 8.22.